The Hall–Kier alpha value is -1.68. The number of halogens is 2. The average molecular weight is 323 g/mol. The Labute approximate surface area is 119 Å². The third-order valence-corrected chi connectivity index (χ3v) is 3.21. The van der Waals surface area contributed by atoms with Gasteiger partial charge in [0.05, 0.1) is 0 Å². The predicted molar refractivity (Wildman–Crippen MR) is 75.1 cm³/mol. The second kappa shape index (κ2) is 5.97. The van der Waals surface area contributed by atoms with Crippen molar-refractivity contribution >= 4 is 21.7 Å². The van der Waals surface area contributed by atoms with Crippen LogP contribution in [0.15, 0.2) is 46.9 Å². The van der Waals surface area contributed by atoms with Crippen LogP contribution in [0.25, 0.3) is 0 Å². The highest BCUT2D eigenvalue weighted by Crippen LogP contribution is 2.20. The molecular formula is C15H12BrFO2. The molecule has 0 unspecified atom stereocenters. The van der Waals surface area contributed by atoms with Crippen molar-refractivity contribution in [2.24, 2.45) is 0 Å². The lowest BCUT2D eigenvalue weighted by Crippen LogP contribution is -2.12. The van der Waals surface area contributed by atoms with Gasteiger partial charge in [-0.2, -0.15) is 0 Å². The van der Waals surface area contributed by atoms with Gasteiger partial charge in [0.2, 0.25) is 0 Å². The molecule has 0 fully saturated rings. The van der Waals surface area contributed by atoms with Crippen LogP contribution in [0.2, 0.25) is 0 Å². The minimum atomic E-state index is -0.425. The van der Waals surface area contributed by atoms with E-state index in [-0.39, 0.29) is 18.1 Å². The second-order valence-corrected chi connectivity index (χ2v) is 5.02. The number of carbonyl (C=O) groups is 1. The van der Waals surface area contributed by atoms with E-state index in [0.29, 0.717) is 11.1 Å². The van der Waals surface area contributed by atoms with Crippen LogP contribution in [0, 0.1) is 12.7 Å². The maximum atomic E-state index is 13.7. The molecule has 0 saturated carbocycles. The third-order valence-electron chi connectivity index (χ3n) is 2.68. The number of hydrogen-bond donors (Lipinski definition) is 0. The first-order valence-corrected chi connectivity index (χ1v) is 6.54. The highest BCUT2D eigenvalue weighted by molar-refractivity contribution is 9.10. The smallest absolute Gasteiger partial charge is 0.200 e. The van der Waals surface area contributed by atoms with Gasteiger partial charge in [0.1, 0.15) is 0 Å². The Morgan fingerprint density at radius 3 is 2.58 bits per heavy atom. The van der Waals surface area contributed by atoms with Crippen molar-refractivity contribution < 1.29 is 13.9 Å². The molecule has 0 amide bonds. The summed E-state index contributed by atoms with van der Waals surface area (Å²) in [6.07, 6.45) is 0. The van der Waals surface area contributed by atoms with Crippen molar-refractivity contribution in [2.75, 3.05) is 6.61 Å². The van der Waals surface area contributed by atoms with E-state index < -0.39 is 5.82 Å². The monoisotopic (exact) mass is 322 g/mol. The number of Topliss-reactive ketones (excluding diaryl/α,β-unsaturated/α-hetero) is 1. The summed E-state index contributed by atoms with van der Waals surface area (Å²) in [5.74, 6) is -0.509. The SMILES string of the molecule is Cc1cccc(OCC(=O)c2ccc(Br)cc2)c1F. The number of rotatable bonds is 4. The lowest BCUT2D eigenvalue weighted by atomic mass is 10.1. The van der Waals surface area contributed by atoms with Gasteiger partial charge >= 0.3 is 0 Å². The first-order chi connectivity index (χ1) is 9.08. The van der Waals surface area contributed by atoms with E-state index in [2.05, 4.69) is 15.9 Å². The van der Waals surface area contributed by atoms with Crippen molar-refractivity contribution in [1.82, 2.24) is 0 Å². The quantitative estimate of drug-likeness (QED) is 0.790. The number of benzene rings is 2. The molecule has 0 bridgehead atoms. The number of ketones is 1. The van der Waals surface area contributed by atoms with Crippen LogP contribution in [0.5, 0.6) is 5.75 Å². The largest absolute Gasteiger partial charge is 0.482 e. The van der Waals surface area contributed by atoms with Gasteiger partial charge in [-0.1, -0.05) is 40.2 Å². The van der Waals surface area contributed by atoms with E-state index in [1.54, 1.807) is 43.3 Å². The summed E-state index contributed by atoms with van der Waals surface area (Å²) in [7, 11) is 0. The molecular weight excluding hydrogens is 311 g/mol. The minimum Gasteiger partial charge on any atom is -0.482 e. The maximum absolute atomic E-state index is 13.7. The normalized spacial score (nSPS) is 10.3. The molecule has 0 atom stereocenters. The molecule has 0 heterocycles. The molecule has 0 spiro atoms. The Morgan fingerprint density at radius 1 is 1.21 bits per heavy atom. The van der Waals surface area contributed by atoms with Gasteiger partial charge in [0.25, 0.3) is 0 Å². The number of hydrogen-bond acceptors (Lipinski definition) is 2. The topological polar surface area (TPSA) is 26.3 Å². The predicted octanol–water partition coefficient (Wildman–Crippen LogP) is 4.16. The summed E-state index contributed by atoms with van der Waals surface area (Å²) in [6.45, 7) is 1.47. The van der Waals surface area contributed by atoms with Crippen molar-refractivity contribution in [3.63, 3.8) is 0 Å². The molecule has 0 aliphatic rings. The molecule has 98 valence electrons. The minimum absolute atomic E-state index is 0.102. The summed E-state index contributed by atoms with van der Waals surface area (Å²) < 4.78 is 19.8. The van der Waals surface area contributed by atoms with Crippen LogP contribution in [0.3, 0.4) is 0 Å². The average Bonchev–Trinajstić information content (AvgIpc) is 2.41. The van der Waals surface area contributed by atoms with Gasteiger partial charge in [0.15, 0.2) is 24.0 Å². The fourth-order valence-corrected chi connectivity index (χ4v) is 1.86. The van der Waals surface area contributed by atoms with Gasteiger partial charge in [-0.15, -0.1) is 0 Å². The van der Waals surface area contributed by atoms with Crippen LogP contribution in [-0.4, -0.2) is 12.4 Å². The molecule has 2 nitrogen and oxygen atoms in total. The van der Waals surface area contributed by atoms with E-state index in [0.717, 1.165) is 4.47 Å². The fourth-order valence-electron chi connectivity index (χ4n) is 1.59. The van der Waals surface area contributed by atoms with E-state index in [1.165, 1.54) is 6.07 Å². The summed E-state index contributed by atoms with van der Waals surface area (Å²) in [5.41, 5.74) is 1.03. The van der Waals surface area contributed by atoms with Crippen LogP contribution in [0.4, 0.5) is 4.39 Å². The molecule has 0 aromatic heterocycles. The lowest BCUT2D eigenvalue weighted by Gasteiger charge is -2.08. The number of carbonyl (C=O) groups excluding carboxylic acids is 1. The lowest BCUT2D eigenvalue weighted by molar-refractivity contribution is 0.0918. The molecule has 0 aliphatic carbocycles. The van der Waals surface area contributed by atoms with Crippen LogP contribution in [-0.2, 0) is 0 Å². The van der Waals surface area contributed by atoms with Crippen molar-refractivity contribution in [2.45, 2.75) is 6.92 Å². The Kier molecular flexibility index (Phi) is 4.32. The van der Waals surface area contributed by atoms with Gasteiger partial charge < -0.3 is 4.74 Å². The van der Waals surface area contributed by atoms with E-state index in [9.17, 15) is 9.18 Å². The molecule has 4 heteroatoms. The van der Waals surface area contributed by atoms with Crippen molar-refractivity contribution in [3.05, 3.63) is 63.9 Å². The molecule has 2 aromatic carbocycles. The first kappa shape index (κ1) is 13.7. The highest BCUT2D eigenvalue weighted by Gasteiger charge is 2.10. The van der Waals surface area contributed by atoms with E-state index in [4.69, 9.17) is 4.74 Å². The molecule has 0 saturated heterocycles. The van der Waals surface area contributed by atoms with E-state index in [1.807, 2.05) is 0 Å². The molecule has 19 heavy (non-hydrogen) atoms. The summed E-state index contributed by atoms with van der Waals surface area (Å²) >= 11 is 3.30. The number of aryl methyl sites for hydroxylation is 1. The Bertz CT molecular complexity index is 594. The molecule has 0 aliphatic heterocycles. The Balaban J connectivity index is 2.04. The molecule has 2 rings (SSSR count). The Morgan fingerprint density at radius 2 is 1.89 bits per heavy atom. The van der Waals surface area contributed by atoms with Crippen molar-refractivity contribution in [3.8, 4) is 5.75 Å². The first-order valence-electron chi connectivity index (χ1n) is 5.74. The second-order valence-electron chi connectivity index (χ2n) is 4.11. The zero-order valence-corrected chi connectivity index (χ0v) is 11.9. The summed E-state index contributed by atoms with van der Waals surface area (Å²) in [5, 5.41) is 0. The van der Waals surface area contributed by atoms with Gasteiger partial charge in [-0.05, 0) is 30.7 Å². The molecule has 0 N–H and O–H groups in total. The zero-order chi connectivity index (χ0) is 13.8. The number of ether oxygens (including phenoxy) is 1. The molecule has 0 radical (unpaired) electrons. The highest BCUT2D eigenvalue weighted by atomic mass is 79.9. The van der Waals surface area contributed by atoms with Crippen LogP contribution < -0.4 is 4.74 Å². The van der Waals surface area contributed by atoms with Gasteiger partial charge in [-0.25, -0.2) is 4.39 Å². The zero-order valence-electron chi connectivity index (χ0n) is 10.3. The fraction of sp³-hybridized carbons (Fsp3) is 0.133. The van der Waals surface area contributed by atoms with Crippen LogP contribution >= 0.6 is 15.9 Å². The standard InChI is InChI=1S/C15H12BrFO2/c1-10-3-2-4-14(15(10)17)19-9-13(18)11-5-7-12(16)8-6-11/h2-8H,9H2,1H3. The maximum Gasteiger partial charge on any atom is 0.200 e. The van der Waals surface area contributed by atoms with Gasteiger partial charge in [0, 0.05) is 10.0 Å². The third kappa shape index (κ3) is 3.41. The van der Waals surface area contributed by atoms with Crippen LogP contribution in [0.1, 0.15) is 15.9 Å². The van der Waals surface area contributed by atoms with Crippen molar-refractivity contribution in [1.29, 1.82) is 0 Å². The van der Waals surface area contributed by atoms with E-state index >= 15 is 0 Å². The summed E-state index contributed by atoms with van der Waals surface area (Å²) in [6, 6.07) is 11.8. The molecule has 2 aromatic rings. The summed E-state index contributed by atoms with van der Waals surface area (Å²) in [4.78, 5) is 11.9. The van der Waals surface area contributed by atoms with Gasteiger partial charge in [-0.3, -0.25) is 4.79 Å².